The maximum Gasteiger partial charge on any atom is 0.318 e. The summed E-state index contributed by atoms with van der Waals surface area (Å²) in [5.41, 5.74) is 0. The average Bonchev–Trinajstić information content (AvgIpc) is 2.71. The lowest BCUT2D eigenvalue weighted by atomic mass is 10.1. The molecule has 1 unspecified atom stereocenters. The molecule has 1 aromatic heterocycles. The van der Waals surface area contributed by atoms with Gasteiger partial charge < -0.3 is 14.6 Å². The Labute approximate surface area is 115 Å². The van der Waals surface area contributed by atoms with Gasteiger partial charge in [-0.25, -0.2) is 0 Å². The van der Waals surface area contributed by atoms with Gasteiger partial charge in [0.2, 0.25) is 5.89 Å². The molecule has 108 valence electrons. The van der Waals surface area contributed by atoms with Gasteiger partial charge in [-0.1, -0.05) is 31.8 Å². The van der Waals surface area contributed by atoms with Gasteiger partial charge in [-0.15, -0.1) is 5.10 Å². The molecule has 0 saturated carbocycles. The topological polar surface area (TPSA) is 54.2 Å². The van der Waals surface area contributed by atoms with Crippen LogP contribution in [0.4, 0.5) is 6.01 Å². The van der Waals surface area contributed by atoms with Gasteiger partial charge in [-0.2, -0.15) is 0 Å². The van der Waals surface area contributed by atoms with Crippen molar-refractivity contribution >= 4 is 6.01 Å². The molecule has 1 aliphatic rings. The number of anilines is 1. The number of nitrogens with one attached hydrogen (secondary N) is 1. The molecule has 0 spiro atoms. The van der Waals surface area contributed by atoms with E-state index in [1.54, 1.807) is 0 Å². The van der Waals surface area contributed by atoms with Gasteiger partial charge in [-0.3, -0.25) is 0 Å². The quantitative estimate of drug-likeness (QED) is 0.887. The summed E-state index contributed by atoms with van der Waals surface area (Å²) in [5.74, 6) is 1.32. The molecule has 1 aromatic rings. The number of aromatic nitrogens is 2. The van der Waals surface area contributed by atoms with Crippen molar-refractivity contribution in [3.63, 3.8) is 0 Å². The van der Waals surface area contributed by atoms with Gasteiger partial charge in [0, 0.05) is 12.6 Å². The van der Waals surface area contributed by atoms with Gasteiger partial charge in [0.15, 0.2) is 0 Å². The summed E-state index contributed by atoms with van der Waals surface area (Å²) in [7, 11) is 0. The first-order chi connectivity index (χ1) is 9.16. The van der Waals surface area contributed by atoms with E-state index in [0.29, 0.717) is 30.4 Å². The minimum Gasteiger partial charge on any atom is -0.407 e. The summed E-state index contributed by atoms with van der Waals surface area (Å²) in [6.45, 7) is 9.27. The monoisotopic (exact) mass is 266 g/mol. The van der Waals surface area contributed by atoms with Crippen LogP contribution in [0.2, 0.25) is 0 Å². The van der Waals surface area contributed by atoms with Gasteiger partial charge in [-0.05, 0) is 32.2 Å². The van der Waals surface area contributed by atoms with Gasteiger partial charge in [0.1, 0.15) is 0 Å². The number of hydrogen-bond donors (Lipinski definition) is 1. The molecule has 1 fully saturated rings. The largest absolute Gasteiger partial charge is 0.407 e. The highest BCUT2D eigenvalue weighted by molar-refractivity contribution is 5.26. The highest BCUT2D eigenvalue weighted by Crippen LogP contribution is 2.22. The third kappa shape index (κ3) is 4.20. The van der Waals surface area contributed by atoms with Crippen LogP contribution in [0.3, 0.4) is 0 Å². The number of nitrogens with zero attached hydrogens (tertiary/aromatic N) is 3. The lowest BCUT2D eigenvalue weighted by Crippen LogP contribution is -2.32. The second kappa shape index (κ2) is 6.89. The predicted molar refractivity (Wildman–Crippen MR) is 76.1 cm³/mol. The molecule has 1 saturated heterocycles. The van der Waals surface area contributed by atoms with Crippen molar-refractivity contribution in [2.24, 2.45) is 5.92 Å². The first-order valence-corrected chi connectivity index (χ1v) is 7.46. The Morgan fingerprint density at radius 3 is 2.95 bits per heavy atom. The van der Waals surface area contributed by atoms with Crippen LogP contribution in [-0.4, -0.2) is 29.3 Å². The van der Waals surface area contributed by atoms with Crippen molar-refractivity contribution < 1.29 is 4.42 Å². The highest BCUT2D eigenvalue weighted by atomic mass is 16.4. The first-order valence-electron chi connectivity index (χ1n) is 7.46. The molecule has 2 rings (SSSR count). The summed E-state index contributed by atoms with van der Waals surface area (Å²) < 4.78 is 5.77. The Kier molecular flexibility index (Phi) is 5.19. The predicted octanol–water partition coefficient (Wildman–Crippen LogP) is 2.58. The molecule has 0 aliphatic carbocycles. The van der Waals surface area contributed by atoms with Gasteiger partial charge in [0.25, 0.3) is 0 Å². The molecule has 0 bridgehead atoms. The third-order valence-corrected chi connectivity index (χ3v) is 3.58. The molecule has 5 heteroatoms. The molecule has 5 nitrogen and oxygen atoms in total. The summed E-state index contributed by atoms with van der Waals surface area (Å²) >= 11 is 0. The molecule has 0 radical (unpaired) electrons. The standard InChI is InChI=1S/C14H26N4O/c1-11(2)9-15-10-13-16-17-14(19-13)18-8-6-4-5-7-12(18)3/h11-12,15H,4-10H2,1-3H3. The smallest absolute Gasteiger partial charge is 0.318 e. The van der Waals surface area contributed by atoms with Crippen LogP contribution in [0.5, 0.6) is 0 Å². The van der Waals surface area contributed by atoms with Crippen LogP contribution in [0, 0.1) is 5.92 Å². The van der Waals surface area contributed by atoms with E-state index in [9.17, 15) is 0 Å². The molecule has 1 aliphatic heterocycles. The molecular formula is C14H26N4O. The van der Waals surface area contributed by atoms with E-state index < -0.39 is 0 Å². The van der Waals surface area contributed by atoms with Gasteiger partial charge in [0.05, 0.1) is 6.54 Å². The van der Waals surface area contributed by atoms with Crippen LogP contribution in [0.15, 0.2) is 4.42 Å². The van der Waals surface area contributed by atoms with E-state index in [1.807, 2.05) is 0 Å². The Morgan fingerprint density at radius 1 is 1.32 bits per heavy atom. The molecule has 1 N–H and O–H groups in total. The molecule has 0 aromatic carbocycles. The molecule has 0 amide bonds. The zero-order valence-electron chi connectivity index (χ0n) is 12.4. The van der Waals surface area contributed by atoms with Gasteiger partial charge >= 0.3 is 6.01 Å². The fourth-order valence-corrected chi connectivity index (χ4v) is 2.46. The normalized spacial score (nSPS) is 20.8. The Balaban J connectivity index is 1.91. The van der Waals surface area contributed by atoms with E-state index in [2.05, 4.69) is 41.2 Å². The van der Waals surface area contributed by atoms with Crippen LogP contribution < -0.4 is 10.2 Å². The summed E-state index contributed by atoms with van der Waals surface area (Å²) in [5, 5.41) is 11.7. The first kappa shape index (κ1) is 14.3. The van der Waals surface area contributed by atoms with Crippen molar-refractivity contribution in [2.75, 3.05) is 18.0 Å². The van der Waals surface area contributed by atoms with E-state index in [1.165, 1.54) is 25.7 Å². The number of hydrogen-bond acceptors (Lipinski definition) is 5. The van der Waals surface area contributed by atoms with Crippen molar-refractivity contribution in [3.8, 4) is 0 Å². The van der Waals surface area contributed by atoms with Crippen molar-refractivity contribution in [2.45, 2.75) is 59.0 Å². The van der Waals surface area contributed by atoms with Crippen LogP contribution in [0.25, 0.3) is 0 Å². The molecular weight excluding hydrogens is 240 g/mol. The van der Waals surface area contributed by atoms with E-state index >= 15 is 0 Å². The van der Waals surface area contributed by atoms with E-state index in [0.717, 1.165) is 13.1 Å². The zero-order valence-corrected chi connectivity index (χ0v) is 12.4. The van der Waals surface area contributed by atoms with Crippen LogP contribution in [0.1, 0.15) is 52.3 Å². The number of rotatable bonds is 5. The third-order valence-electron chi connectivity index (χ3n) is 3.58. The lowest BCUT2D eigenvalue weighted by molar-refractivity contribution is 0.437. The Hall–Kier alpha value is -1.10. The highest BCUT2D eigenvalue weighted by Gasteiger charge is 2.21. The van der Waals surface area contributed by atoms with E-state index in [4.69, 9.17) is 4.42 Å². The second-order valence-corrected chi connectivity index (χ2v) is 5.89. The van der Waals surface area contributed by atoms with Crippen LogP contribution >= 0.6 is 0 Å². The Bertz CT molecular complexity index is 377. The summed E-state index contributed by atoms with van der Waals surface area (Å²) in [6, 6.07) is 1.19. The van der Waals surface area contributed by atoms with E-state index in [-0.39, 0.29) is 0 Å². The fraction of sp³-hybridized carbons (Fsp3) is 0.857. The summed E-state index contributed by atoms with van der Waals surface area (Å²) in [6.07, 6.45) is 5.03. The Morgan fingerprint density at radius 2 is 2.16 bits per heavy atom. The lowest BCUT2D eigenvalue weighted by Gasteiger charge is -2.24. The molecule has 2 heterocycles. The molecule has 1 atom stereocenters. The molecule has 19 heavy (non-hydrogen) atoms. The van der Waals surface area contributed by atoms with Crippen molar-refractivity contribution in [1.82, 2.24) is 15.5 Å². The summed E-state index contributed by atoms with van der Waals surface area (Å²) in [4.78, 5) is 2.26. The minimum atomic E-state index is 0.499. The second-order valence-electron chi connectivity index (χ2n) is 5.89. The average molecular weight is 266 g/mol. The van der Waals surface area contributed by atoms with Crippen LogP contribution in [-0.2, 0) is 6.54 Å². The van der Waals surface area contributed by atoms with Crippen molar-refractivity contribution in [1.29, 1.82) is 0 Å². The fourth-order valence-electron chi connectivity index (χ4n) is 2.46. The SMILES string of the molecule is CC(C)CNCc1nnc(N2CCCCCC2C)o1. The maximum absolute atomic E-state index is 5.77. The zero-order chi connectivity index (χ0) is 13.7. The van der Waals surface area contributed by atoms with Crippen molar-refractivity contribution in [3.05, 3.63) is 5.89 Å². The minimum absolute atomic E-state index is 0.499. The maximum atomic E-state index is 5.77.